The molecule has 2 aromatic rings. The van der Waals surface area contributed by atoms with Gasteiger partial charge in [-0.15, -0.1) is 0 Å². The van der Waals surface area contributed by atoms with Crippen molar-refractivity contribution in [1.82, 2.24) is 24.6 Å². The van der Waals surface area contributed by atoms with Crippen LogP contribution in [0.15, 0.2) is 30.9 Å². The second-order valence-electron chi connectivity index (χ2n) is 6.26. The molecule has 2 fully saturated rings. The molecular weight excluding hydrogens is 292 g/mol. The van der Waals surface area contributed by atoms with Crippen LogP contribution in [0.5, 0.6) is 0 Å². The van der Waals surface area contributed by atoms with Gasteiger partial charge in [0, 0.05) is 57.7 Å². The van der Waals surface area contributed by atoms with Crippen LogP contribution in [0.25, 0.3) is 0 Å². The Labute approximate surface area is 134 Å². The molecule has 1 aliphatic carbocycles. The summed E-state index contributed by atoms with van der Waals surface area (Å²) in [6.45, 7) is 3.07. The van der Waals surface area contributed by atoms with E-state index in [1.165, 1.54) is 5.56 Å². The number of hydrogen-bond acceptors (Lipinski definition) is 5. The van der Waals surface area contributed by atoms with E-state index in [4.69, 9.17) is 0 Å². The number of carbonyl (C=O) groups is 1. The van der Waals surface area contributed by atoms with Gasteiger partial charge in [-0.2, -0.15) is 5.10 Å². The molecule has 1 saturated carbocycles. The Morgan fingerprint density at radius 2 is 1.91 bits per heavy atom. The normalized spacial score (nSPS) is 23.9. The van der Waals surface area contributed by atoms with Crippen molar-refractivity contribution in [2.75, 3.05) is 31.1 Å². The first kappa shape index (κ1) is 14.2. The summed E-state index contributed by atoms with van der Waals surface area (Å²) in [5, 5.41) is 4.20. The zero-order valence-electron chi connectivity index (χ0n) is 13.2. The van der Waals surface area contributed by atoms with Crippen LogP contribution in [0.4, 0.5) is 5.95 Å². The van der Waals surface area contributed by atoms with Gasteiger partial charge >= 0.3 is 0 Å². The predicted octanol–water partition coefficient (Wildman–Crippen LogP) is 0.662. The Hall–Kier alpha value is -2.44. The van der Waals surface area contributed by atoms with Gasteiger partial charge in [0.25, 0.3) is 0 Å². The van der Waals surface area contributed by atoms with E-state index in [1.54, 1.807) is 17.1 Å². The highest BCUT2D eigenvalue weighted by Gasteiger charge is 2.46. The Kier molecular flexibility index (Phi) is 3.48. The van der Waals surface area contributed by atoms with E-state index in [0.29, 0.717) is 5.92 Å². The molecule has 2 atom stereocenters. The van der Waals surface area contributed by atoms with Crippen LogP contribution in [-0.2, 0) is 11.8 Å². The fourth-order valence-electron chi connectivity index (χ4n) is 3.28. The van der Waals surface area contributed by atoms with E-state index in [2.05, 4.69) is 20.0 Å². The maximum absolute atomic E-state index is 12.6. The summed E-state index contributed by atoms with van der Waals surface area (Å²) in [6, 6.07) is 1.81. The van der Waals surface area contributed by atoms with E-state index >= 15 is 0 Å². The van der Waals surface area contributed by atoms with E-state index in [0.717, 1.165) is 38.5 Å². The number of rotatable bonds is 3. The van der Waals surface area contributed by atoms with Crippen LogP contribution >= 0.6 is 0 Å². The molecule has 7 nitrogen and oxygen atoms in total. The average Bonchev–Trinajstić information content (AvgIpc) is 3.29. The highest BCUT2D eigenvalue weighted by atomic mass is 16.2. The van der Waals surface area contributed by atoms with Gasteiger partial charge in [0.15, 0.2) is 0 Å². The first-order valence-corrected chi connectivity index (χ1v) is 8.01. The molecule has 1 amide bonds. The summed E-state index contributed by atoms with van der Waals surface area (Å²) in [7, 11) is 1.91. The third-order valence-corrected chi connectivity index (χ3v) is 4.69. The second kappa shape index (κ2) is 5.64. The number of nitrogens with zero attached hydrogens (tertiary/aromatic N) is 6. The van der Waals surface area contributed by atoms with Crippen molar-refractivity contribution in [1.29, 1.82) is 0 Å². The van der Waals surface area contributed by atoms with E-state index in [1.807, 2.05) is 30.4 Å². The lowest BCUT2D eigenvalue weighted by atomic mass is 10.1. The average molecular weight is 312 g/mol. The van der Waals surface area contributed by atoms with E-state index in [9.17, 15) is 4.79 Å². The number of amides is 1. The first-order chi connectivity index (χ1) is 11.2. The smallest absolute Gasteiger partial charge is 0.226 e. The Morgan fingerprint density at radius 1 is 1.17 bits per heavy atom. The van der Waals surface area contributed by atoms with Gasteiger partial charge in [0.05, 0.1) is 6.20 Å². The number of carbonyl (C=O) groups excluding carboxylic acids is 1. The minimum atomic E-state index is 0.138. The van der Waals surface area contributed by atoms with Crippen LogP contribution in [-0.4, -0.2) is 56.7 Å². The topological polar surface area (TPSA) is 67.2 Å². The second-order valence-corrected chi connectivity index (χ2v) is 6.26. The zero-order valence-corrected chi connectivity index (χ0v) is 13.2. The van der Waals surface area contributed by atoms with Gasteiger partial charge in [0.2, 0.25) is 11.9 Å². The van der Waals surface area contributed by atoms with Gasteiger partial charge in [-0.1, -0.05) is 0 Å². The minimum absolute atomic E-state index is 0.138. The van der Waals surface area contributed by atoms with Gasteiger partial charge in [-0.25, -0.2) is 9.97 Å². The van der Waals surface area contributed by atoms with E-state index in [-0.39, 0.29) is 11.8 Å². The van der Waals surface area contributed by atoms with Crippen molar-refractivity contribution in [2.24, 2.45) is 13.0 Å². The zero-order chi connectivity index (χ0) is 15.8. The lowest BCUT2D eigenvalue weighted by Crippen LogP contribution is -2.49. The maximum atomic E-state index is 12.6. The van der Waals surface area contributed by atoms with E-state index < -0.39 is 0 Å². The summed E-state index contributed by atoms with van der Waals surface area (Å²) in [5.74, 6) is 1.53. The number of hydrogen-bond donors (Lipinski definition) is 0. The molecule has 3 heterocycles. The quantitative estimate of drug-likeness (QED) is 0.833. The largest absolute Gasteiger partial charge is 0.339 e. The molecule has 0 aromatic carbocycles. The molecule has 0 unspecified atom stereocenters. The Morgan fingerprint density at radius 3 is 2.57 bits per heavy atom. The molecular formula is C16H20N6O. The molecule has 1 saturated heterocycles. The molecule has 2 aliphatic rings. The van der Waals surface area contributed by atoms with Gasteiger partial charge in [0.1, 0.15) is 0 Å². The van der Waals surface area contributed by atoms with Crippen molar-refractivity contribution in [3.8, 4) is 0 Å². The van der Waals surface area contributed by atoms with Crippen molar-refractivity contribution >= 4 is 11.9 Å². The third kappa shape index (κ3) is 2.78. The van der Waals surface area contributed by atoms with Gasteiger partial charge in [-0.05, 0) is 24.0 Å². The highest BCUT2D eigenvalue weighted by molar-refractivity contribution is 5.83. The molecule has 0 spiro atoms. The summed E-state index contributed by atoms with van der Waals surface area (Å²) in [6.07, 6.45) is 8.35. The van der Waals surface area contributed by atoms with Crippen molar-refractivity contribution in [3.05, 3.63) is 36.4 Å². The fourth-order valence-corrected chi connectivity index (χ4v) is 3.28. The van der Waals surface area contributed by atoms with Gasteiger partial charge < -0.3 is 9.80 Å². The third-order valence-electron chi connectivity index (χ3n) is 4.69. The monoisotopic (exact) mass is 312 g/mol. The molecule has 0 N–H and O–H groups in total. The standard InChI is InChI=1S/C16H20N6O/c1-20-11-12(10-19-20)13-9-14(13)15(23)21-5-7-22(8-6-21)16-17-3-2-4-18-16/h2-4,10-11,13-14H,5-9H2,1H3/t13-,14-/m0/s1. The summed E-state index contributed by atoms with van der Waals surface area (Å²) >= 11 is 0. The summed E-state index contributed by atoms with van der Waals surface area (Å²) in [5.41, 5.74) is 1.18. The maximum Gasteiger partial charge on any atom is 0.226 e. The lowest BCUT2D eigenvalue weighted by Gasteiger charge is -2.34. The Bertz CT molecular complexity index is 692. The highest BCUT2D eigenvalue weighted by Crippen LogP contribution is 2.48. The Balaban J connectivity index is 1.33. The van der Waals surface area contributed by atoms with Crippen molar-refractivity contribution in [3.63, 3.8) is 0 Å². The summed E-state index contributed by atoms with van der Waals surface area (Å²) < 4.78 is 1.80. The van der Waals surface area contributed by atoms with Crippen LogP contribution in [0, 0.1) is 5.92 Å². The number of aryl methyl sites for hydroxylation is 1. The number of aromatic nitrogens is 4. The number of piperazine rings is 1. The molecule has 4 rings (SSSR count). The number of anilines is 1. The van der Waals surface area contributed by atoms with Crippen LogP contribution in [0.2, 0.25) is 0 Å². The molecule has 2 aromatic heterocycles. The molecule has 0 radical (unpaired) electrons. The van der Waals surface area contributed by atoms with Crippen LogP contribution in [0.3, 0.4) is 0 Å². The minimum Gasteiger partial charge on any atom is -0.339 e. The van der Waals surface area contributed by atoms with Crippen molar-refractivity contribution < 1.29 is 4.79 Å². The molecule has 1 aliphatic heterocycles. The van der Waals surface area contributed by atoms with Crippen LogP contribution < -0.4 is 4.90 Å². The lowest BCUT2D eigenvalue weighted by molar-refractivity contribution is -0.133. The molecule has 120 valence electrons. The SMILES string of the molecule is Cn1cc([C@@H]2C[C@@H]2C(=O)N2CCN(c3ncccn3)CC2)cn1. The first-order valence-electron chi connectivity index (χ1n) is 8.01. The van der Waals surface area contributed by atoms with Gasteiger partial charge in [-0.3, -0.25) is 9.48 Å². The van der Waals surface area contributed by atoms with Crippen molar-refractivity contribution in [2.45, 2.75) is 12.3 Å². The van der Waals surface area contributed by atoms with Crippen LogP contribution in [0.1, 0.15) is 17.9 Å². The fraction of sp³-hybridized carbons (Fsp3) is 0.500. The predicted molar refractivity (Wildman–Crippen MR) is 84.9 cm³/mol. The summed E-state index contributed by atoms with van der Waals surface area (Å²) in [4.78, 5) is 25.3. The molecule has 0 bridgehead atoms. The molecule has 23 heavy (non-hydrogen) atoms. The molecule has 7 heteroatoms.